The Labute approximate surface area is 153 Å². The number of rotatable bonds is 8. The van der Waals surface area contributed by atoms with Crippen molar-refractivity contribution in [3.63, 3.8) is 0 Å². The number of nitrogens with one attached hydrogen (secondary N) is 1. The number of nitrogens with zero attached hydrogens (tertiary/aromatic N) is 3. The van der Waals surface area contributed by atoms with Gasteiger partial charge >= 0.3 is 0 Å². The minimum absolute atomic E-state index is 0.00162. The van der Waals surface area contributed by atoms with Crippen LogP contribution < -0.4 is 5.32 Å². The monoisotopic (exact) mass is 360 g/mol. The van der Waals surface area contributed by atoms with Crippen LogP contribution in [0.4, 0.5) is 0 Å². The van der Waals surface area contributed by atoms with Gasteiger partial charge in [-0.25, -0.2) is 0 Å². The second-order valence-corrected chi connectivity index (χ2v) is 6.32. The zero-order valence-electron chi connectivity index (χ0n) is 14.6. The molecule has 0 bridgehead atoms. The van der Waals surface area contributed by atoms with Crippen molar-refractivity contribution in [3.05, 3.63) is 54.1 Å². The lowest BCUT2D eigenvalue weighted by atomic mass is 10.0. The maximum Gasteiger partial charge on any atom is 0.170 e. The molecule has 3 rings (SSSR count). The Bertz CT molecular complexity index is 691. The summed E-state index contributed by atoms with van der Waals surface area (Å²) < 4.78 is 12.8. The highest BCUT2D eigenvalue weighted by Crippen LogP contribution is 2.38. The Kier molecular flexibility index (Phi) is 6.01. The van der Waals surface area contributed by atoms with Crippen molar-refractivity contribution in [2.24, 2.45) is 0 Å². The van der Waals surface area contributed by atoms with Crippen LogP contribution in [0.2, 0.25) is 0 Å². The number of hydrogen-bond acceptors (Lipinski definition) is 4. The van der Waals surface area contributed by atoms with Gasteiger partial charge in [-0.05, 0) is 36.5 Å². The van der Waals surface area contributed by atoms with Gasteiger partial charge in [-0.2, -0.15) is 0 Å². The van der Waals surface area contributed by atoms with Gasteiger partial charge in [0.1, 0.15) is 0 Å². The van der Waals surface area contributed by atoms with Gasteiger partial charge in [-0.1, -0.05) is 6.07 Å². The van der Waals surface area contributed by atoms with Gasteiger partial charge in [0, 0.05) is 45.4 Å². The van der Waals surface area contributed by atoms with Crippen molar-refractivity contribution >= 4 is 17.3 Å². The number of thiocarbonyl (C=S) groups is 1. The maximum absolute atomic E-state index is 5.61. The predicted octanol–water partition coefficient (Wildman–Crippen LogP) is 2.15. The molecule has 2 aromatic heterocycles. The van der Waals surface area contributed by atoms with Crippen molar-refractivity contribution in [1.29, 1.82) is 0 Å². The average molecular weight is 360 g/mol. The van der Waals surface area contributed by atoms with Crippen LogP contribution in [0.5, 0.6) is 0 Å². The van der Waals surface area contributed by atoms with Crippen LogP contribution >= 0.6 is 12.2 Å². The van der Waals surface area contributed by atoms with Gasteiger partial charge in [0.25, 0.3) is 0 Å². The molecule has 0 aliphatic carbocycles. The molecule has 1 N–H and O–H groups in total. The molecular formula is C18H24N4O2S. The van der Waals surface area contributed by atoms with E-state index >= 15 is 0 Å². The molecule has 0 amide bonds. The summed E-state index contributed by atoms with van der Waals surface area (Å²) in [5, 5.41) is 4.18. The van der Waals surface area contributed by atoms with Crippen molar-refractivity contribution in [3.8, 4) is 0 Å². The Morgan fingerprint density at radius 2 is 1.92 bits per heavy atom. The van der Waals surface area contributed by atoms with Crippen molar-refractivity contribution in [2.75, 3.05) is 34.0 Å². The highest BCUT2D eigenvalue weighted by Gasteiger charge is 2.40. The molecule has 2 atom stereocenters. The van der Waals surface area contributed by atoms with E-state index in [1.807, 2.05) is 24.4 Å². The van der Waals surface area contributed by atoms with Crippen molar-refractivity contribution in [2.45, 2.75) is 18.6 Å². The lowest BCUT2D eigenvalue weighted by Gasteiger charge is -2.28. The first kappa shape index (κ1) is 17.8. The molecular weight excluding hydrogens is 336 g/mol. The lowest BCUT2D eigenvalue weighted by Crippen LogP contribution is -2.33. The van der Waals surface area contributed by atoms with Crippen LogP contribution in [0.15, 0.2) is 42.7 Å². The molecule has 0 aromatic carbocycles. The van der Waals surface area contributed by atoms with E-state index in [0.717, 1.165) is 23.9 Å². The largest absolute Gasteiger partial charge is 0.383 e. The van der Waals surface area contributed by atoms with Crippen LogP contribution in [0, 0.1) is 0 Å². The number of hydrogen-bond donors (Lipinski definition) is 1. The van der Waals surface area contributed by atoms with E-state index in [4.69, 9.17) is 21.7 Å². The summed E-state index contributed by atoms with van der Waals surface area (Å²) >= 11 is 5.61. The van der Waals surface area contributed by atoms with Crippen LogP contribution in [-0.4, -0.2) is 53.5 Å². The maximum atomic E-state index is 5.61. The third kappa shape index (κ3) is 3.84. The molecule has 6 nitrogen and oxygen atoms in total. The summed E-state index contributed by atoms with van der Waals surface area (Å²) in [4.78, 5) is 6.74. The van der Waals surface area contributed by atoms with E-state index in [2.05, 4.69) is 38.1 Å². The molecule has 134 valence electrons. The Morgan fingerprint density at radius 1 is 1.12 bits per heavy atom. The third-order valence-corrected chi connectivity index (χ3v) is 4.79. The molecule has 25 heavy (non-hydrogen) atoms. The standard InChI is InChI=1S/C18H24N4O2S/c1-23-12-10-21-9-5-7-15(21)17-16(14-6-3-4-8-19-14)20-18(25)22(17)11-13-24-2/h3-9,16-17H,10-13H2,1-2H3,(H,20,25)/t16-,17-/m1/s1. The number of methoxy groups -OCH3 is 2. The predicted molar refractivity (Wildman–Crippen MR) is 100 cm³/mol. The zero-order valence-corrected chi connectivity index (χ0v) is 15.4. The molecule has 0 radical (unpaired) electrons. The van der Waals surface area contributed by atoms with Crippen LogP contribution in [0.1, 0.15) is 23.5 Å². The number of aromatic nitrogens is 2. The zero-order chi connectivity index (χ0) is 17.6. The average Bonchev–Trinajstić information content (AvgIpc) is 3.22. The molecule has 7 heteroatoms. The molecule has 3 heterocycles. The molecule has 0 unspecified atom stereocenters. The van der Waals surface area contributed by atoms with Crippen LogP contribution in [0.25, 0.3) is 0 Å². The van der Waals surface area contributed by atoms with Crippen LogP contribution in [-0.2, 0) is 16.0 Å². The van der Waals surface area contributed by atoms with Crippen molar-refractivity contribution in [1.82, 2.24) is 19.8 Å². The Hall–Kier alpha value is -1.96. The van der Waals surface area contributed by atoms with E-state index in [0.29, 0.717) is 13.2 Å². The van der Waals surface area contributed by atoms with Gasteiger partial charge in [-0.15, -0.1) is 0 Å². The smallest absolute Gasteiger partial charge is 0.170 e. The summed E-state index contributed by atoms with van der Waals surface area (Å²) in [6, 6.07) is 10.2. The van der Waals surface area contributed by atoms with Crippen molar-refractivity contribution < 1.29 is 9.47 Å². The third-order valence-electron chi connectivity index (χ3n) is 4.44. The molecule has 0 spiro atoms. The summed E-state index contributed by atoms with van der Waals surface area (Å²) in [6.07, 6.45) is 3.90. The molecule has 1 aliphatic rings. The molecule has 2 aromatic rings. The molecule has 0 saturated carbocycles. The van der Waals surface area contributed by atoms with Gasteiger partial charge in [0.2, 0.25) is 0 Å². The van der Waals surface area contributed by atoms with E-state index < -0.39 is 0 Å². The molecule has 1 aliphatic heterocycles. The topological polar surface area (TPSA) is 51.5 Å². The first-order valence-corrected chi connectivity index (χ1v) is 8.78. The van der Waals surface area contributed by atoms with Crippen LogP contribution in [0.3, 0.4) is 0 Å². The normalized spacial score (nSPS) is 20.1. The Balaban J connectivity index is 1.96. The summed E-state index contributed by atoms with van der Waals surface area (Å²) in [6.45, 7) is 2.81. The summed E-state index contributed by atoms with van der Waals surface area (Å²) in [5.74, 6) is 0. The van der Waals surface area contributed by atoms with Gasteiger partial charge in [-0.3, -0.25) is 4.98 Å². The first-order valence-electron chi connectivity index (χ1n) is 8.37. The van der Waals surface area contributed by atoms with Gasteiger partial charge < -0.3 is 24.3 Å². The van der Waals surface area contributed by atoms with Gasteiger partial charge in [0.15, 0.2) is 5.11 Å². The fraction of sp³-hybridized carbons (Fsp3) is 0.444. The molecule has 1 saturated heterocycles. The lowest BCUT2D eigenvalue weighted by molar-refractivity contribution is 0.159. The van der Waals surface area contributed by atoms with E-state index in [-0.39, 0.29) is 12.1 Å². The minimum atomic E-state index is 0.00162. The first-order chi connectivity index (χ1) is 12.3. The number of ether oxygens (including phenoxy) is 2. The second-order valence-electron chi connectivity index (χ2n) is 5.93. The fourth-order valence-electron chi connectivity index (χ4n) is 3.25. The highest BCUT2D eigenvalue weighted by molar-refractivity contribution is 7.80. The highest BCUT2D eigenvalue weighted by atomic mass is 32.1. The quantitative estimate of drug-likeness (QED) is 0.728. The second kappa shape index (κ2) is 8.42. The number of pyridine rings is 1. The SMILES string of the molecule is COCCN1C(=S)N[C@H](c2ccccn2)[C@H]1c1cccn1CCOC. The van der Waals surface area contributed by atoms with E-state index in [1.54, 1.807) is 14.2 Å². The van der Waals surface area contributed by atoms with E-state index in [9.17, 15) is 0 Å². The Morgan fingerprint density at radius 3 is 2.64 bits per heavy atom. The minimum Gasteiger partial charge on any atom is -0.383 e. The summed E-state index contributed by atoms with van der Waals surface area (Å²) in [5.41, 5.74) is 2.17. The molecule has 1 fully saturated rings. The van der Waals surface area contributed by atoms with E-state index in [1.165, 1.54) is 5.69 Å². The van der Waals surface area contributed by atoms with Gasteiger partial charge in [0.05, 0.1) is 31.0 Å². The summed E-state index contributed by atoms with van der Waals surface area (Å²) in [7, 11) is 3.43. The fourth-order valence-corrected chi connectivity index (χ4v) is 3.58.